The van der Waals surface area contributed by atoms with Gasteiger partial charge in [0.1, 0.15) is 5.82 Å². The van der Waals surface area contributed by atoms with E-state index in [2.05, 4.69) is 15.3 Å². The summed E-state index contributed by atoms with van der Waals surface area (Å²) in [6.07, 6.45) is 0. The molecule has 2 N–H and O–H groups in total. The third kappa shape index (κ3) is 4.68. The highest BCUT2D eigenvalue weighted by molar-refractivity contribution is 6.30. The Morgan fingerprint density at radius 2 is 1.92 bits per heavy atom. The first-order chi connectivity index (χ1) is 12.5. The van der Waals surface area contributed by atoms with Crippen molar-refractivity contribution < 1.29 is 4.79 Å². The number of para-hydroxylation sites is 1. The van der Waals surface area contributed by atoms with Gasteiger partial charge in [-0.25, -0.2) is 4.98 Å². The molecule has 1 aromatic heterocycles. The van der Waals surface area contributed by atoms with E-state index in [0.29, 0.717) is 34.8 Å². The second-order valence-electron chi connectivity index (χ2n) is 6.11. The summed E-state index contributed by atoms with van der Waals surface area (Å²) in [7, 11) is 1.80. The molecule has 0 saturated heterocycles. The minimum absolute atomic E-state index is 0.106. The fraction of sp³-hybridized carbons (Fsp3) is 0.211. The van der Waals surface area contributed by atoms with E-state index in [9.17, 15) is 9.59 Å². The number of fused-ring (bicyclic) bond motifs is 1. The number of carbonyl (C=O) groups is 1. The Labute approximate surface area is 155 Å². The average molecular weight is 371 g/mol. The maximum absolute atomic E-state index is 12.1. The van der Waals surface area contributed by atoms with Gasteiger partial charge in [0.05, 0.1) is 24.0 Å². The molecule has 1 amide bonds. The molecule has 0 aliphatic rings. The molecular formula is C19H19ClN4O2. The van der Waals surface area contributed by atoms with Crippen molar-refractivity contribution in [3.8, 4) is 0 Å². The summed E-state index contributed by atoms with van der Waals surface area (Å²) in [5.41, 5.74) is 1.45. The van der Waals surface area contributed by atoms with E-state index >= 15 is 0 Å². The lowest BCUT2D eigenvalue weighted by molar-refractivity contribution is -0.122. The van der Waals surface area contributed by atoms with E-state index in [1.807, 2.05) is 18.2 Å². The highest BCUT2D eigenvalue weighted by Gasteiger charge is 2.10. The molecule has 2 aromatic carbocycles. The van der Waals surface area contributed by atoms with Crippen molar-refractivity contribution in [2.75, 3.05) is 13.6 Å². The first-order valence-electron chi connectivity index (χ1n) is 8.19. The molecule has 1 heterocycles. The second-order valence-corrected chi connectivity index (χ2v) is 6.54. The van der Waals surface area contributed by atoms with E-state index < -0.39 is 0 Å². The third-order valence-electron chi connectivity index (χ3n) is 3.90. The van der Waals surface area contributed by atoms with Gasteiger partial charge in [-0.2, -0.15) is 0 Å². The van der Waals surface area contributed by atoms with Crippen LogP contribution in [0.5, 0.6) is 0 Å². The van der Waals surface area contributed by atoms with E-state index in [0.717, 1.165) is 5.56 Å². The van der Waals surface area contributed by atoms with Crippen LogP contribution in [0, 0.1) is 0 Å². The smallest absolute Gasteiger partial charge is 0.258 e. The minimum Gasteiger partial charge on any atom is -0.351 e. The lowest BCUT2D eigenvalue weighted by atomic mass is 10.2. The molecule has 0 bridgehead atoms. The molecule has 0 saturated carbocycles. The number of nitrogens with zero attached hydrogens (tertiary/aromatic N) is 2. The van der Waals surface area contributed by atoms with Crippen LogP contribution in [0.15, 0.2) is 53.3 Å². The minimum atomic E-state index is -0.175. The van der Waals surface area contributed by atoms with Crippen molar-refractivity contribution in [1.82, 2.24) is 20.2 Å². The quantitative estimate of drug-likeness (QED) is 0.698. The molecule has 3 rings (SSSR count). The number of amides is 1. The summed E-state index contributed by atoms with van der Waals surface area (Å²) in [5, 5.41) is 4.08. The summed E-state index contributed by atoms with van der Waals surface area (Å²) in [5.74, 6) is 0.423. The van der Waals surface area contributed by atoms with E-state index in [1.165, 1.54) is 0 Å². The van der Waals surface area contributed by atoms with Crippen LogP contribution in [-0.4, -0.2) is 34.4 Å². The Bertz CT molecular complexity index is 969. The van der Waals surface area contributed by atoms with Crippen molar-refractivity contribution in [2.24, 2.45) is 0 Å². The molecule has 0 fully saturated rings. The summed E-state index contributed by atoms with van der Waals surface area (Å²) < 4.78 is 0. The Kier molecular flexibility index (Phi) is 5.65. The number of aromatic nitrogens is 2. The van der Waals surface area contributed by atoms with Crippen LogP contribution in [0.3, 0.4) is 0 Å². The first-order valence-corrected chi connectivity index (χ1v) is 8.57. The zero-order chi connectivity index (χ0) is 18.5. The predicted octanol–water partition coefficient (Wildman–Crippen LogP) is 2.32. The predicted molar refractivity (Wildman–Crippen MR) is 102 cm³/mol. The number of H-pyrrole nitrogens is 1. The van der Waals surface area contributed by atoms with Gasteiger partial charge < -0.3 is 10.3 Å². The highest BCUT2D eigenvalue weighted by Crippen LogP contribution is 2.09. The lowest BCUT2D eigenvalue weighted by Gasteiger charge is -2.16. The number of hydrogen-bond donors (Lipinski definition) is 2. The highest BCUT2D eigenvalue weighted by atomic mass is 35.5. The SMILES string of the molecule is CN(CC(=O)NCc1ccc(Cl)cc1)Cc1nc2ccccc2c(=O)[nH]1. The van der Waals surface area contributed by atoms with Crippen LogP contribution in [0.1, 0.15) is 11.4 Å². The van der Waals surface area contributed by atoms with Crippen LogP contribution in [-0.2, 0) is 17.9 Å². The van der Waals surface area contributed by atoms with Gasteiger partial charge in [0, 0.05) is 11.6 Å². The number of hydrogen-bond acceptors (Lipinski definition) is 4. The summed E-state index contributed by atoms with van der Waals surface area (Å²) in [6.45, 7) is 1.01. The molecule has 0 atom stereocenters. The lowest BCUT2D eigenvalue weighted by Crippen LogP contribution is -2.35. The maximum atomic E-state index is 12.1. The van der Waals surface area contributed by atoms with Crippen LogP contribution in [0.25, 0.3) is 10.9 Å². The van der Waals surface area contributed by atoms with E-state index in [1.54, 1.807) is 42.3 Å². The normalized spacial score (nSPS) is 11.0. The fourth-order valence-corrected chi connectivity index (χ4v) is 2.75. The molecule has 0 radical (unpaired) electrons. The van der Waals surface area contributed by atoms with Crippen LogP contribution >= 0.6 is 11.6 Å². The zero-order valence-corrected chi connectivity index (χ0v) is 15.1. The number of rotatable bonds is 6. The Morgan fingerprint density at radius 3 is 2.69 bits per heavy atom. The van der Waals surface area contributed by atoms with Gasteiger partial charge >= 0.3 is 0 Å². The summed E-state index contributed by atoms with van der Waals surface area (Å²) in [4.78, 5) is 33.2. The van der Waals surface area contributed by atoms with Crippen molar-refractivity contribution in [3.05, 3.63) is 75.3 Å². The van der Waals surface area contributed by atoms with Gasteiger partial charge in [-0.3, -0.25) is 14.5 Å². The molecule has 7 heteroatoms. The van der Waals surface area contributed by atoms with Crippen LogP contribution < -0.4 is 10.9 Å². The molecule has 0 aliphatic carbocycles. The molecule has 0 spiro atoms. The van der Waals surface area contributed by atoms with Gasteiger partial charge in [0.15, 0.2) is 0 Å². The largest absolute Gasteiger partial charge is 0.351 e. The van der Waals surface area contributed by atoms with E-state index in [-0.39, 0.29) is 18.0 Å². The number of carbonyl (C=O) groups excluding carboxylic acids is 1. The fourth-order valence-electron chi connectivity index (χ4n) is 2.63. The molecule has 3 aromatic rings. The van der Waals surface area contributed by atoms with Gasteiger partial charge in [0.25, 0.3) is 5.56 Å². The molecule has 0 aliphatic heterocycles. The molecule has 6 nitrogen and oxygen atoms in total. The summed E-state index contributed by atoms with van der Waals surface area (Å²) in [6, 6.07) is 14.5. The summed E-state index contributed by atoms with van der Waals surface area (Å²) >= 11 is 5.84. The van der Waals surface area contributed by atoms with Crippen molar-refractivity contribution >= 4 is 28.4 Å². The van der Waals surface area contributed by atoms with Crippen LogP contribution in [0.4, 0.5) is 0 Å². The van der Waals surface area contributed by atoms with Gasteiger partial charge in [-0.15, -0.1) is 0 Å². The molecule has 0 unspecified atom stereocenters. The van der Waals surface area contributed by atoms with Crippen molar-refractivity contribution in [1.29, 1.82) is 0 Å². The van der Waals surface area contributed by atoms with Crippen molar-refractivity contribution in [3.63, 3.8) is 0 Å². The number of halogens is 1. The number of likely N-dealkylation sites (N-methyl/N-ethyl adjacent to an activating group) is 1. The first kappa shape index (κ1) is 18.1. The third-order valence-corrected chi connectivity index (χ3v) is 4.15. The monoisotopic (exact) mass is 370 g/mol. The number of benzene rings is 2. The van der Waals surface area contributed by atoms with Gasteiger partial charge in [0.2, 0.25) is 5.91 Å². The number of nitrogens with one attached hydrogen (secondary N) is 2. The Hall–Kier alpha value is -2.70. The molecule has 26 heavy (non-hydrogen) atoms. The van der Waals surface area contributed by atoms with Gasteiger partial charge in [-0.05, 0) is 36.9 Å². The molecule has 134 valence electrons. The Morgan fingerprint density at radius 1 is 1.19 bits per heavy atom. The standard InChI is InChI=1S/C19H19ClN4O2/c1-24(12-18(25)21-10-13-6-8-14(20)9-7-13)11-17-22-16-5-3-2-4-15(16)19(26)23-17/h2-9H,10-12H2,1H3,(H,21,25)(H,22,23,26). The van der Waals surface area contributed by atoms with Gasteiger partial charge in [-0.1, -0.05) is 35.9 Å². The van der Waals surface area contributed by atoms with Crippen molar-refractivity contribution in [2.45, 2.75) is 13.1 Å². The Balaban J connectivity index is 1.56. The topological polar surface area (TPSA) is 78.1 Å². The second kappa shape index (κ2) is 8.12. The maximum Gasteiger partial charge on any atom is 0.258 e. The zero-order valence-electron chi connectivity index (χ0n) is 14.3. The average Bonchev–Trinajstić information content (AvgIpc) is 2.61. The molecular weight excluding hydrogens is 352 g/mol. The van der Waals surface area contributed by atoms with E-state index in [4.69, 9.17) is 11.6 Å². The van der Waals surface area contributed by atoms with Crippen LogP contribution in [0.2, 0.25) is 5.02 Å². The number of aromatic amines is 1.